The van der Waals surface area contributed by atoms with Crippen LogP contribution in [-0.2, 0) is 9.53 Å². The second kappa shape index (κ2) is 8.43. The number of phenols is 1. The molecule has 29 heavy (non-hydrogen) atoms. The van der Waals surface area contributed by atoms with Crippen molar-refractivity contribution in [3.8, 4) is 16.9 Å². The van der Waals surface area contributed by atoms with Crippen LogP contribution < -0.4 is 4.90 Å². The van der Waals surface area contributed by atoms with Gasteiger partial charge in [0.2, 0.25) is 0 Å². The van der Waals surface area contributed by atoms with E-state index in [4.69, 9.17) is 4.74 Å². The van der Waals surface area contributed by atoms with E-state index in [-0.39, 0.29) is 11.4 Å². The summed E-state index contributed by atoms with van der Waals surface area (Å²) in [6.07, 6.45) is 9.02. The Morgan fingerprint density at radius 2 is 1.93 bits per heavy atom. The molecule has 1 heterocycles. The number of esters is 1. The van der Waals surface area contributed by atoms with Crippen LogP contribution in [0.3, 0.4) is 0 Å². The number of carbonyl (C=O) groups is 1. The minimum atomic E-state index is -0.479. The number of carbonyl (C=O) groups excluding carboxylic acids is 1. The van der Waals surface area contributed by atoms with Gasteiger partial charge in [0.15, 0.2) is 0 Å². The summed E-state index contributed by atoms with van der Waals surface area (Å²) >= 11 is 0. The van der Waals surface area contributed by atoms with Crippen LogP contribution in [0.2, 0.25) is 0 Å². The molecular weight excluding hydrogens is 372 g/mol. The Labute approximate surface area is 168 Å². The highest BCUT2D eigenvalue weighted by atomic mass is 16.6. The predicted molar refractivity (Wildman–Crippen MR) is 111 cm³/mol. The van der Waals surface area contributed by atoms with Gasteiger partial charge >= 0.3 is 5.97 Å². The number of rotatable bonds is 5. The number of ether oxygens (including phenoxy) is 1. The molecular formula is C22H20N2O5. The molecule has 0 atom stereocenters. The Bertz CT molecular complexity index is 1040. The van der Waals surface area contributed by atoms with Crippen molar-refractivity contribution in [2.45, 2.75) is 6.92 Å². The third-order valence-electron chi connectivity index (χ3n) is 4.59. The van der Waals surface area contributed by atoms with Crippen molar-refractivity contribution in [2.75, 3.05) is 18.6 Å². The third kappa shape index (κ3) is 4.19. The smallest absolute Gasteiger partial charge is 0.330 e. The first kappa shape index (κ1) is 19.9. The molecule has 1 aliphatic rings. The quantitative estimate of drug-likeness (QED) is 0.350. The fourth-order valence-corrected chi connectivity index (χ4v) is 3.18. The highest BCUT2D eigenvalue weighted by molar-refractivity contribution is 5.97. The van der Waals surface area contributed by atoms with Gasteiger partial charge < -0.3 is 14.7 Å². The summed E-state index contributed by atoms with van der Waals surface area (Å²) in [4.78, 5) is 24.2. The van der Waals surface area contributed by atoms with Crippen molar-refractivity contribution in [2.24, 2.45) is 0 Å². The molecule has 0 radical (unpaired) electrons. The molecule has 0 bridgehead atoms. The number of allylic oxidation sites excluding steroid dienone is 3. The molecule has 0 spiro atoms. The normalized spacial score (nSPS) is 13.4. The molecule has 7 heteroatoms. The van der Waals surface area contributed by atoms with Gasteiger partial charge in [-0.15, -0.1) is 0 Å². The maximum absolute atomic E-state index is 11.8. The van der Waals surface area contributed by atoms with Gasteiger partial charge in [0, 0.05) is 42.1 Å². The molecule has 7 nitrogen and oxygen atoms in total. The molecule has 2 aromatic rings. The van der Waals surface area contributed by atoms with Crippen molar-refractivity contribution in [3.05, 3.63) is 82.6 Å². The van der Waals surface area contributed by atoms with Gasteiger partial charge in [-0.1, -0.05) is 12.2 Å². The summed E-state index contributed by atoms with van der Waals surface area (Å²) in [5, 5.41) is 21.7. The second-order valence-electron chi connectivity index (χ2n) is 6.43. The number of nitro benzene ring substituents is 1. The molecule has 0 fully saturated rings. The number of nitro groups is 1. The van der Waals surface area contributed by atoms with Gasteiger partial charge in [0.1, 0.15) is 5.75 Å². The minimum Gasteiger partial charge on any atom is -0.507 e. The minimum absolute atomic E-state index is 0.0337. The SMILES string of the molecule is COC(=O)C=C(C)c1ccc(O)c(-c2ccc([N+](=O)[O-])cc2)c1N1C=CC=CC1. The van der Waals surface area contributed by atoms with Crippen molar-refractivity contribution >= 4 is 22.9 Å². The molecule has 0 amide bonds. The van der Waals surface area contributed by atoms with Gasteiger partial charge in [-0.3, -0.25) is 10.1 Å². The van der Waals surface area contributed by atoms with E-state index in [0.29, 0.717) is 28.9 Å². The lowest BCUT2D eigenvalue weighted by atomic mass is 9.94. The van der Waals surface area contributed by atoms with Crippen molar-refractivity contribution in [1.29, 1.82) is 0 Å². The summed E-state index contributed by atoms with van der Waals surface area (Å²) in [5.41, 5.74) is 3.21. The zero-order chi connectivity index (χ0) is 21.0. The Morgan fingerprint density at radius 1 is 1.21 bits per heavy atom. The number of anilines is 1. The van der Waals surface area contributed by atoms with Crippen molar-refractivity contribution in [3.63, 3.8) is 0 Å². The maximum Gasteiger partial charge on any atom is 0.330 e. The Balaban J connectivity index is 2.23. The molecule has 0 saturated heterocycles. The number of methoxy groups -OCH3 is 1. The average Bonchev–Trinajstić information content (AvgIpc) is 2.74. The molecule has 0 unspecified atom stereocenters. The first-order chi connectivity index (χ1) is 13.9. The number of benzene rings is 2. The summed E-state index contributed by atoms with van der Waals surface area (Å²) in [7, 11) is 1.31. The highest BCUT2D eigenvalue weighted by Crippen LogP contribution is 2.44. The largest absolute Gasteiger partial charge is 0.507 e. The van der Waals surface area contributed by atoms with E-state index in [1.807, 2.05) is 29.3 Å². The van der Waals surface area contributed by atoms with E-state index in [2.05, 4.69) is 0 Å². The van der Waals surface area contributed by atoms with E-state index >= 15 is 0 Å². The van der Waals surface area contributed by atoms with Gasteiger partial charge in [0.25, 0.3) is 5.69 Å². The number of aromatic hydroxyl groups is 1. The van der Waals surface area contributed by atoms with Crippen molar-refractivity contribution < 1.29 is 19.6 Å². The number of hydrogen-bond acceptors (Lipinski definition) is 6. The van der Waals surface area contributed by atoms with Crippen LogP contribution in [0.4, 0.5) is 11.4 Å². The van der Waals surface area contributed by atoms with Crippen LogP contribution in [0.15, 0.2) is 66.9 Å². The zero-order valence-corrected chi connectivity index (χ0v) is 16.0. The lowest BCUT2D eigenvalue weighted by Gasteiger charge is -2.27. The number of non-ortho nitro benzene ring substituents is 1. The number of hydrogen-bond donors (Lipinski definition) is 1. The fourth-order valence-electron chi connectivity index (χ4n) is 3.18. The fraction of sp³-hybridized carbons (Fsp3) is 0.136. The summed E-state index contributed by atoms with van der Waals surface area (Å²) in [6.45, 7) is 2.36. The van der Waals surface area contributed by atoms with E-state index < -0.39 is 10.9 Å². The van der Waals surface area contributed by atoms with Crippen LogP contribution in [0.25, 0.3) is 16.7 Å². The van der Waals surface area contributed by atoms with Crippen LogP contribution in [-0.4, -0.2) is 29.7 Å². The molecule has 0 aliphatic carbocycles. The van der Waals surface area contributed by atoms with Gasteiger partial charge in [0.05, 0.1) is 17.7 Å². The van der Waals surface area contributed by atoms with Crippen LogP contribution in [0.1, 0.15) is 12.5 Å². The van der Waals surface area contributed by atoms with Crippen LogP contribution >= 0.6 is 0 Å². The van der Waals surface area contributed by atoms with E-state index in [9.17, 15) is 20.0 Å². The number of phenolic OH excluding ortho intramolecular Hbond substituents is 1. The first-order valence-electron chi connectivity index (χ1n) is 8.89. The molecule has 3 rings (SSSR count). The van der Waals surface area contributed by atoms with E-state index in [1.54, 1.807) is 31.2 Å². The van der Waals surface area contributed by atoms with E-state index in [1.165, 1.54) is 25.3 Å². The number of nitrogens with zero attached hydrogens (tertiary/aromatic N) is 2. The zero-order valence-electron chi connectivity index (χ0n) is 16.0. The standard InChI is InChI=1S/C22H20N2O5/c1-15(14-20(26)29-2)18-10-11-19(25)21(22(18)23-12-4-3-5-13-23)16-6-8-17(9-7-16)24(27)28/h3-12,14,25H,13H2,1-2H3. The van der Waals surface area contributed by atoms with Gasteiger partial charge in [-0.05, 0) is 48.4 Å². The molecule has 1 aliphatic heterocycles. The molecule has 148 valence electrons. The Kier molecular flexibility index (Phi) is 5.78. The average molecular weight is 392 g/mol. The predicted octanol–water partition coefficient (Wildman–Crippen LogP) is 4.43. The molecule has 1 N–H and O–H groups in total. The molecule has 0 aromatic heterocycles. The summed E-state index contributed by atoms with van der Waals surface area (Å²) in [5.74, 6) is -0.445. The van der Waals surface area contributed by atoms with Crippen LogP contribution in [0, 0.1) is 10.1 Å². The van der Waals surface area contributed by atoms with E-state index in [0.717, 1.165) is 5.56 Å². The lowest BCUT2D eigenvalue weighted by molar-refractivity contribution is -0.384. The summed E-state index contributed by atoms with van der Waals surface area (Å²) in [6, 6.07) is 9.28. The Hall–Kier alpha value is -3.87. The third-order valence-corrected chi connectivity index (χ3v) is 4.59. The van der Waals surface area contributed by atoms with Gasteiger partial charge in [-0.2, -0.15) is 0 Å². The van der Waals surface area contributed by atoms with Gasteiger partial charge in [-0.25, -0.2) is 4.79 Å². The van der Waals surface area contributed by atoms with Crippen LogP contribution in [0.5, 0.6) is 5.75 Å². The molecule has 2 aromatic carbocycles. The molecule has 0 saturated carbocycles. The first-order valence-corrected chi connectivity index (χ1v) is 8.89. The second-order valence-corrected chi connectivity index (χ2v) is 6.43. The topological polar surface area (TPSA) is 92.9 Å². The lowest BCUT2D eigenvalue weighted by Crippen LogP contribution is -2.20. The Morgan fingerprint density at radius 3 is 2.52 bits per heavy atom. The summed E-state index contributed by atoms with van der Waals surface area (Å²) < 4.78 is 4.73. The maximum atomic E-state index is 11.8. The van der Waals surface area contributed by atoms with Crippen molar-refractivity contribution in [1.82, 2.24) is 0 Å². The monoisotopic (exact) mass is 392 g/mol. The highest BCUT2D eigenvalue weighted by Gasteiger charge is 2.21.